The van der Waals surface area contributed by atoms with E-state index in [2.05, 4.69) is 43.3 Å². The van der Waals surface area contributed by atoms with Gasteiger partial charge in [0.15, 0.2) is 0 Å². The van der Waals surface area contributed by atoms with E-state index in [-0.39, 0.29) is 24.3 Å². The second kappa shape index (κ2) is 6.54. The summed E-state index contributed by atoms with van der Waals surface area (Å²) < 4.78 is 11.8. The second-order valence-electron chi connectivity index (χ2n) is 7.36. The molecule has 4 nitrogen and oxygen atoms in total. The van der Waals surface area contributed by atoms with Crippen LogP contribution < -0.4 is 11.5 Å². The zero-order chi connectivity index (χ0) is 17.6. The highest BCUT2D eigenvalue weighted by Gasteiger charge is 2.29. The predicted molar refractivity (Wildman–Crippen MR) is 98.0 cm³/mol. The van der Waals surface area contributed by atoms with Gasteiger partial charge in [0, 0.05) is 6.42 Å². The van der Waals surface area contributed by atoms with Gasteiger partial charge in [-0.1, -0.05) is 42.0 Å². The van der Waals surface area contributed by atoms with Crippen molar-refractivity contribution in [2.45, 2.75) is 57.8 Å². The van der Waals surface area contributed by atoms with Crippen molar-refractivity contribution >= 4 is 0 Å². The molecule has 0 saturated heterocycles. The first kappa shape index (κ1) is 16.7. The Morgan fingerprint density at radius 1 is 0.920 bits per heavy atom. The van der Waals surface area contributed by atoms with Crippen molar-refractivity contribution in [2.75, 3.05) is 0 Å². The van der Waals surface area contributed by atoms with Gasteiger partial charge < -0.3 is 20.9 Å². The summed E-state index contributed by atoms with van der Waals surface area (Å²) in [6.45, 7) is 5.39. The molecule has 2 aliphatic heterocycles. The summed E-state index contributed by atoms with van der Waals surface area (Å²) in [6.07, 6.45) is 0.829. The molecule has 2 aromatic rings. The van der Waals surface area contributed by atoms with Crippen LogP contribution in [0.15, 0.2) is 36.4 Å². The minimum atomic E-state index is -0.101. The predicted octanol–water partition coefficient (Wildman–Crippen LogP) is 3.05. The number of rotatable bonds is 2. The van der Waals surface area contributed by atoms with E-state index in [1.54, 1.807) is 0 Å². The van der Waals surface area contributed by atoms with Gasteiger partial charge in [-0.15, -0.1) is 0 Å². The summed E-state index contributed by atoms with van der Waals surface area (Å²) in [7, 11) is 0. The van der Waals surface area contributed by atoms with E-state index in [0.717, 1.165) is 6.42 Å². The Morgan fingerprint density at radius 2 is 1.60 bits per heavy atom. The van der Waals surface area contributed by atoms with Crippen molar-refractivity contribution < 1.29 is 9.47 Å². The molecular weight excluding hydrogens is 312 g/mol. The van der Waals surface area contributed by atoms with Gasteiger partial charge in [-0.2, -0.15) is 0 Å². The maximum atomic E-state index is 6.52. The Balaban J connectivity index is 1.57. The molecule has 2 aromatic carbocycles. The maximum Gasteiger partial charge on any atom is 0.0812 e. The Labute approximate surface area is 149 Å². The third-order valence-electron chi connectivity index (χ3n) is 5.53. The summed E-state index contributed by atoms with van der Waals surface area (Å²) in [5.74, 6) is 0. The maximum absolute atomic E-state index is 6.52. The topological polar surface area (TPSA) is 70.5 Å². The molecule has 2 heterocycles. The van der Waals surface area contributed by atoms with Gasteiger partial charge in [0.2, 0.25) is 0 Å². The fourth-order valence-electron chi connectivity index (χ4n) is 3.87. The van der Waals surface area contributed by atoms with Crippen molar-refractivity contribution in [2.24, 2.45) is 11.5 Å². The number of ether oxygens (including phenoxy) is 2. The molecule has 0 aromatic heterocycles. The van der Waals surface area contributed by atoms with Gasteiger partial charge in [-0.3, -0.25) is 0 Å². The van der Waals surface area contributed by atoms with E-state index in [9.17, 15) is 0 Å². The summed E-state index contributed by atoms with van der Waals surface area (Å²) in [5.41, 5.74) is 20.1. The lowest BCUT2D eigenvalue weighted by Gasteiger charge is -2.33. The van der Waals surface area contributed by atoms with E-state index in [4.69, 9.17) is 20.9 Å². The van der Waals surface area contributed by atoms with Crippen LogP contribution >= 0.6 is 0 Å². The molecule has 0 bridgehead atoms. The van der Waals surface area contributed by atoms with E-state index in [1.807, 2.05) is 6.92 Å². The molecule has 4 rings (SSSR count). The van der Waals surface area contributed by atoms with E-state index < -0.39 is 0 Å². The Kier molecular flexibility index (Phi) is 4.38. The number of fused-ring (bicyclic) bond motifs is 2. The van der Waals surface area contributed by atoms with Gasteiger partial charge in [0.25, 0.3) is 0 Å². The zero-order valence-corrected chi connectivity index (χ0v) is 14.9. The summed E-state index contributed by atoms with van der Waals surface area (Å²) in [4.78, 5) is 0. The fraction of sp³-hybridized carbons (Fsp3) is 0.429. The standard InChI is InChI=1S/C21H26N2O2/c1-12-3-5-15-11-25-19(21(23)17(15)7-12)9-14-4-6-16-10-24-13(2)20(22)18(16)8-14/h3-8,13,19-21H,9-11,22-23H2,1-2H3. The van der Waals surface area contributed by atoms with Crippen LogP contribution in [0.1, 0.15) is 52.4 Å². The minimum Gasteiger partial charge on any atom is -0.372 e. The van der Waals surface area contributed by atoms with Gasteiger partial charge in [-0.25, -0.2) is 0 Å². The molecule has 0 radical (unpaired) electrons. The van der Waals surface area contributed by atoms with Gasteiger partial charge in [-0.05, 0) is 41.7 Å². The third kappa shape index (κ3) is 3.11. The molecule has 0 amide bonds. The molecule has 132 valence electrons. The lowest BCUT2D eigenvalue weighted by molar-refractivity contribution is 0.00907. The van der Waals surface area contributed by atoms with Crippen LogP contribution in [0.2, 0.25) is 0 Å². The second-order valence-corrected chi connectivity index (χ2v) is 7.36. The zero-order valence-electron chi connectivity index (χ0n) is 14.9. The SMILES string of the molecule is Cc1ccc2c(c1)C(N)C(Cc1ccc3c(c1)C(N)C(C)OC3)OC2. The van der Waals surface area contributed by atoms with Crippen molar-refractivity contribution in [3.8, 4) is 0 Å². The lowest BCUT2D eigenvalue weighted by Crippen LogP contribution is -2.35. The van der Waals surface area contributed by atoms with E-state index >= 15 is 0 Å². The average Bonchev–Trinajstić information content (AvgIpc) is 2.61. The molecule has 4 unspecified atom stereocenters. The van der Waals surface area contributed by atoms with Crippen molar-refractivity contribution in [3.63, 3.8) is 0 Å². The monoisotopic (exact) mass is 338 g/mol. The van der Waals surface area contributed by atoms with Crippen molar-refractivity contribution in [1.29, 1.82) is 0 Å². The molecule has 0 saturated carbocycles. The summed E-state index contributed by atoms with van der Waals surface area (Å²) in [6, 6.07) is 12.7. The average molecular weight is 338 g/mol. The number of benzene rings is 2. The quantitative estimate of drug-likeness (QED) is 0.883. The Bertz CT molecular complexity index is 789. The van der Waals surface area contributed by atoms with Gasteiger partial charge in [0.05, 0.1) is 37.5 Å². The van der Waals surface area contributed by atoms with Crippen LogP contribution in [0, 0.1) is 6.92 Å². The first-order valence-electron chi connectivity index (χ1n) is 8.98. The van der Waals surface area contributed by atoms with Gasteiger partial charge in [0.1, 0.15) is 0 Å². The van der Waals surface area contributed by atoms with Crippen LogP contribution in [0.5, 0.6) is 0 Å². The van der Waals surface area contributed by atoms with Crippen LogP contribution in [-0.4, -0.2) is 12.2 Å². The Hall–Kier alpha value is -1.72. The van der Waals surface area contributed by atoms with Gasteiger partial charge >= 0.3 is 0 Å². The van der Waals surface area contributed by atoms with Crippen LogP contribution in [0.4, 0.5) is 0 Å². The molecule has 4 N–H and O–H groups in total. The number of hydrogen-bond donors (Lipinski definition) is 2. The third-order valence-corrected chi connectivity index (χ3v) is 5.53. The molecule has 4 atom stereocenters. The highest BCUT2D eigenvalue weighted by Crippen LogP contribution is 2.32. The highest BCUT2D eigenvalue weighted by atomic mass is 16.5. The number of aryl methyl sites for hydroxylation is 1. The van der Waals surface area contributed by atoms with Crippen LogP contribution in [0.3, 0.4) is 0 Å². The molecule has 0 aliphatic carbocycles. The summed E-state index contributed by atoms with van der Waals surface area (Å²) in [5, 5.41) is 0. The van der Waals surface area contributed by atoms with E-state index in [1.165, 1.54) is 33.4 Å². The van der Waals surface area contributed by atoms with Crippen molar-refractivity contribution in [1.82, 2.24) is 0 Å². The van der Waals surface area contributed by atoms with Crippen LogP contribution in [-0.2, 0) is 29.1 Å². The number of nitrogens with two attached hydrogens (primary N) is 2. The summed E-state index contributed by atoms with van der Waals surface area (Å²) >= 11 is 0. The molecule has 25 heavy (non-hydrogen) atoms. The molecular formula is C21H26N2O2. The van der Waals surface area contributed by atoms with Crippen LogP contribution in [0.25, 0.3) is 0 Å². The molecule has 2 aliphatic rings. The largest absolute Gasteiger partial charge is 0.372 e. The minimum absolute atomic E-state index is 0.0131. The highest BCUT2D eigenvalue weighted by molar-refractivity contribution is 5.38. The first-order chi connectivity index (χ1) is 12.0. The molecule has 4 heteroatoms. The normalized spacial score (nSPS) is 28.3. The fourth-order valence-corrected chi connectivity index (χ4v) is 3.87. The molecule has 0 spiro atoms. The van der Waals surface area contributed by atoms with Crippen molar-refractivity contribution in [3.05, 3.63) is 69.8 Å². The first-order valence-corrected chi connectivity index (χ1v) is 8.98. The van der Waals surface area contributed by atoms with E-state index in [0.29, 0.717) is 13.2 Å². The lowest BCUT2D eigenvalue weighted by atomic mass is 9.88. The smallest absolute Gasteiger partial charge is 0.0812 e. The number of hydrogen-bond acceptors (Lipinski definition) is 4. The Morgan fingerprint density at radius 3 is 2.40 bits per heavy atom. The molecule has 0 fully saturated rings.